The van der Waals surface area contributed by atoms with E-state index in [1.165, 1.54) is 114 Å². The Hall–Kier alpha value is -0.940. The van der Waals surface area contributed by atoms with Crippen molar-refractivity contribution < 1.29 is 18.9 Å². The third-order valence-electron chi connectivity index (χ3n) is 7.94. The van der Waals surface area contributed by atoms with Crippen LogP contribution in [0.25, 0.3) is 0 Å². The highest BCUT2D eigenvalue weighted by Crippen LogP contribution is 2.21. The van der Waals surface area contributed by atoms with Gasteiger partial charge in [0.1, 0.15) is 0 Å². The molecule has 4 heteroatoms. The number of hydrogen-bond donors (Lipinski definition) is 0. The Morgan fingerprint density at radius 1 is 0.417 bits per heavy atom. The number of ether oxygens (including phenoxy) is 4. The zero-order chi connectivity index (χ0) is 26.5. The van der Waals surface area contributed by atoms with E-state index in [9.17, 15) is 0 Å². The fraction of sp³-hybridized carbons (Fsp3) is 0.812. The molecule has 0 aliphatic carbocycles. The van der Waals surface area contributed by atoms with Crippen molar-refractivity contribution >= 4 is 0 Å². The first kappa shape index (κ1) is 33.1. The molecule has 0 atom stereocenters. The van der Waals surface area contributed by atoms with Crippen molar-refractivity contribution in [3.8, 4) is 0 Å². The normalized spacial score (nSPS) is 12.4. The van der Waals surface area contributed by atoms with Crippen LogP contribution in [0.2, 0.25) is 0 Å². The van der Waals surface area contributed by atoms with E-state index in [0.717, 1.165) is 12.8 Å². The minimum Gasteiger partial charge on any atom is -0.353 e. The van der Waals surface area contributed by atoms with Gasteiger partial charge < -0.3 is 18.9 Å². The monoisotopic (exact) mass is 506 g/mol. The maximum Gasteiger partial charge on any atom is 0.164 e. The molecule has 1 aromatic carbocycles. The first-order valence-corrected chi connectivity index (χ1v) is 14.7. The molecule has 0 radical (unpaired) electrons. The first-order valence-electron chi connectivity index (χ1n) is 14.7. The first-order chi connectivity index (χ1) is 17.4. The van der Waals surface area contributed by atoms with Crippen molar-refractivity contribution in [1.29, 1.82) is 0 Å². The third-order valence-corrected chi connectivity index (χ3v) is 7.94. The van der Waals surface area contributed by atoms with Gasteiger partial charge in [0.15, 0.2) is 11.6 Å². The summed E-state index contributed by atoms with van der Waals surface area (Å²) < 4.78 is 21.7. The van der Waals surface area contributed by atoms with Gasteiger partial charge in [-0.1, -0.05) is 88.5 Å². The molecule has 0 spiro atoms. The Balaban J connectivity index is 1.98. The maximum atomic E-state index is 5.43. The molecule has 1 aromatic rings. The molecule has 0 N–H and O–H groups in total. The van der Waals surface area contributed by atoms with Gasteiger partial charge >= 0.3 is 0 Å². The van der Waals surface area contributed by atoms with Crippen LogP contribution in [0.1, 0.15) is 128 Å². The number of rotatable bonds is 24. The van der Waals surface area contributed by atoms with Gasteiger partial charge in [-0.05, 0) is 63.5 Å². The lowest BCUT2D eigenvalue weighted by Crippen LogP contribution is -2.29. The molecule has 0 aliphatic rings. The van der Waals surface area contributed by atoms with Crippen molar-refractivity contribution in [2.24, 2.45) is 0 Å². The Morgan fingerprint density at radius 3 is 0.944 bits per heavy atom. The van der Waals surface area contributed by atoms with Gasteiger partial charge in [-0.15, -0.1) is 0 Å². The molecule has 0 fully saturated rings. The van der Waals surface area contributed by atoms with Gasteiger partial charge in [-0.2, -0.15) is 0 Å². The molecule has 4 nitrogen and oxygen atoms in total. The lowest BCUT2D eigenvalue weighted by atomic mass is 10.0. The second-order valence-corrected chi connectivity index (χ2v) is 10.9. The predicted molar refractivity (Wildman–Crippen MR) is 153 cm³/mol. The summed E-state index contributed by atoms with van der Waals surface area (Å²) in [6.45, 7) is 4.04. The van der Waals surface area contributed by atoms with Crippen molar-refractivity contribution in [2.45, 2.75) is 141 Å². The minimum atomic E-state index is -0.409. The van der Waals surface area contributed by atoms with Crippen molar-refractivity contribution in [3.05, 3.63) is 35.4 Å². The topological polar surface area (TPSA) is 36.9 Å². The summed E-state index contributed by atoms with van der Waals surface area (Å²) in [4.78, 5) is 0. The summed E-state index contributed by atoms with van der Waals surface area (Å²) >= 11 is 0. The zero-order valence-corrected chi connectivity index (χ0v) is 24.7. The molecule has 210 valence electrons. The van der Waals surface area contributed by atoms with Gasteiger partial charge in [0.2, 0.25) is 0 Å². The largest absolute Gasteiger partial charge is 0.353 e. The van der Waals surface area contributed by atoms with E-state index in [0.29, 0.717) is 0 Å². The molecule has 0 amide bonds. The van der Waals surface area contributed by atoms with Crippen molar-refractivity contribution in [3.63, 3.8) is 0 Å². The van der Waals surface area contributed by atoms with E-state index in [2.05, 4.69) is 24.3 Å². The van der Waals surface area contributed by atoms with Crippen molar-refractivity contribution in [1.82, 2.24) is 0 Å². The Bertz CT molecular complexity index is 565. The molecular weight excluding hydrogens is 448 g/mol. The van der Waals surface area contributed by atoms with Crippen LogP contribution >= 0.6 is 0 Å². The Kier molecular flexibility index (Phi) is 18.5. The van der Waals surface area contributed by atoms with Crippen LogP contribution in [-0.2, 0) is 31.8 Å². The number of aryl methyl sites for hydroxylation is 2. The van der Waals surface area contributed by atoms with E-state index < -0.39 is 11.6 Å². The van der Waals surface area contributed by atoms with E-state index in [-0.39, 0.29) is 0 Å². The van der Waals surface area contributed by atoms with Gasteiger partial charge in [0.05, 0.1) is 0 Å². The van der Waals surface area contributed by atoms with E-state index >= 15 is 0 Å². The van der Waals surface area contributed by atoms with E-state index in [4.69, 9.17) is 18.9 Å². The summed E-state index contributed by atoms with van der Waals surface area (Å²) in [7, 11) is 6.91. The second-order valence-electron chi connectivity index (χ2n) is 10.9. The summed E-state index contributed by atoms with van der Waals surface area (Å²) in [5.41, 5.74) is 2.99. The summed E-state index contributed by atoms with van der Waals surface area (Å²) in [6, 6.07) is 9.41. The molecule has 0 bridgehead atoms. The van der Waals surface area contributed by atoms with Gasteiger partial charge in [-0.25, -0.2) is 0 Å². The van der Waals surface area contributed by atoms with Crippen molar-refractivity contribution in [2.75, 3.05) is 28.4 Å². The molecule has 1 rings (SSSR count). The molecule has 36 heavy (non-hydrogen) atoms. The smallest absolute Gasteiger partial charge is 0.164 e. The summed E-state index contributed by atoms with van der Waals surface area (Å²) in [5.74, 6) is -0.817. The third kappa shape index (κ3) is 15.3. The lowest BCUT2D eigenvalue weighted by Gasteiger charge is -2.26. The average Bonchev–Trinajstić information content (AvgIpc) is 2.91. The SMILES string of the molecule is COC(C)(CCCCCCCCCc1ccc(CCCCCCCCCC(C)(OC)OC)cc1)OC. The zero-order valence-electron chi connectivity index (χ0n) is 24.7. The molecule has 0 aliphatic heterocycles. The fourth-order valence-corrected chi connectivity index (χ4v) is 4.77. The van der Waals surface area contributed by atoms with Crippen LogP contribution in [0.15, 0.2) is 24.3 Å². The Labute approximate surface area is 223 Å². The standard InChI is InChI=1S/C32H58O4/c1-31(33-3,34-4)27-19-15-11-7-9-13-17-21-29-23-25-30(26-24-29)22-18-14-10-8-12-16-20-28-32(2,35-5)36-6/h23-26H,7-22,27-28H2,1-6H3. The Morgan fingerprint density at radius 2 is 0.667 bits per heavy atom. The molecule has 0 heterocycles. The average molecular weight is 507 g/mol. The van der Waals surface area contributed by atoms with Gasteiger partial charge in [0.25, 0.3) is 0 Å². The highest BCUT2D eigenvalue weighted by atomic mass is 16.7. The van der Waals surface area contributed by atoms with E-state index in [1.54, 1.807) is 28.4 Å². The number of methoxy groups -OCH3 is 4. The minimum absolute atomic E-state index is 0.409. The molecule has 0 saturated carbocycles. The van der Waals surface area contributed by atoms with Crippen LogP contribution < -0.4 is 0 Å². The summed E-state index contributed by atoms with van der Waals surface area (Å²) in [5, 5.41) is 0. The molecule has 0 saturated heterocycles. The maximum absolute atomic E-state index is 5.43. The second kappa shape index (κ2) is 20.1. The fourth-order valence-electron chi connectivity index (χ4n) is 4.77. The lowest BCUT2D eigenvalue weighted by molar-refractivity contribution is -0.198. The van der Waals surface area contributed by atoms with Crippen LogP contribution in [0.5, 0.6) is 0 Å². The molecule has 0 aromatic heterocycles. The van der Waals surface area contributed by atoms with Gasteiger partial charge in [0, 0.05) is 41.3 Å². The van der Waals surface area contributed by atoms with Crippen LogP contribution in [-0.4, -0.2) is 40.0 Å². The number of unbranched alkanes of at least 4 members (excludes halogenated alkanes) is 12. The molecular formula is C32H58O4. The molecule has 0 unspecified atom stereocenters. The van der Waals surface area contributed by atoms with E-state index in [1.807, 2.05) is 13.8 Å². The van der Waals surface area contributed by atoms with Crippen LogP contribution in [0.4, 0.5) is 0 Å². The number of benzene rings is 1. The highest BCUT2D eigenvalue weighted by molar-refractivity contribution is 5.22. The van der Waals surface area contributed by atoms with Gasteiger partial charge in [-0.3, -0.25) is 0 Å². The summed E-state index contributed by atoms with van der Waals surface area (Å²) in [6.07, 6.45) is 22.6. The highest BCUT2D eigenvalue weighted by Gasteiger charge is 2.22. The predicted octanol–water partition coefficient (Wildman–Crippen LogP) is 9.03. The van der Waals surface area contributed by atoms with Crippen LogP contribution in [0.3, 0.4) is 0 Å². The van der Waals surface area contributed by atoms with Crippen LogP contribution in [0, 0.1) is 0 Å². The quantitative estimate of drug-likeness (QED) is 0.103. The number of hydrogen-bond acceptors (Lipinski definition) is 4.